The third kappa shape index (κ3) is 13.7. The van der Waals surface area contributed by atoms with Crippen molar-refractivity contribution in [2.24, 2.45) is 17.8 Å². The molecular formula is C37H70O3. The fourth-order valence-electron chi connectivity index (χ4n) is 7.53. The molecule has 0 aromatic heterocycles. The molecule has 1 saturated carbocycles. The molecule has 0 bridgehead atoms. The fraction of sp³-hybridized carbons (Fsp3) is 0.946. The Morgan fingerprint density at radius 3 is 1.90 bits per heavy atom. The second-order valence-corrected chi connectivity index (χ2v) is 14.1. The smallest absolute Gasteiger partial charge is 0.115 e. The van der Waals surface area contributed by atoms with Crippen LogP contribution in [0.1, 0.15) is 169 Å². The summed E-state index contributed by atoms with van der Waals surface area (Å²) >= 11 is 0. The van der Waals surface area contributed by atoms with Gasteiger partial charge in [-0.3, -0.25) is 0 Å². The summed E-state index contributed by atoms with van der Waals surface area (Å²) in [5, 5.41) is 0. The van der Waals surface area contributed by atoms with Gasteiger partial charge in [-0.2, -0.15) is 0 Å². The minimum atomic E-state index is -0.258. The zero-order valence-electron chi connectivity index (χ0n) is 27.6. The van der Waals surface area contributed by atoms with Crippen molar-refractivity contribution in [3.63, 3.8) is 0 Å². The van der Waals surface area contributed by atoms with Gasteiger partial charge in [-0.25, -0.2) is 0 Å². The van der Waals surface area contributed by atoms with Gasteiger partial charge in [0.2, 0.25) is 0 Å². The van der Waals surface area contributed by atoms with Gasteiger partial charge in [0.15, 0.2) is 0 Å². The van der Waals surface area contributed by atoms with Crippen molar-refractivity contribution in [2.45, 2.75) is 180 Å². The maximum Gasteiger partial charge on any atom is 0.115 e. The largest absolute Gasteiger partial charge is 0.378 e. The molecule has 0 radical (unpaired) electrons. The maximum absolute atomic E-state index is 6.95. The van der Waals surface area contributed by atoms with Crippen LogP contribution in [-0.2, 0) is 14.2 Å². The molecule has 1 saturated heterocycles. The van der Waals surface area contributed by atoms with Gasteiger partial charge >= 0.3 is 0 Å². The van der Waals surface area contributed by atoms with Crippen molar-refractivity contribution in [2.75, 3.05) is 26.4 Å². The molecule has 2 fully saturated rings. The first kappa shape index (κ1) is 35.8. The molecule has 2 rings (SSSR count). The second kappa shape index (κ2) is 21.3. The van der Waals surface area contributed by atoms with Crippen molar-refractivity contribution in [1.82, 2.24) is 0 Å². The number of hydrogen-bond donors (Lipinski definition) is 0. The van der Waals surface area contributed by atoms with Gasteiger partial charge < -0.3 is 14.2 Å². The predicted molar refractivity (Wildman–Crippen MR) is 173 cm³/mol. The van der Waals surface area contributed by atoms with Crippen LogP contribution in [-0.4, -0.2) is 37.6 Å². The standard InChI is InChI=1S/C37H70O3/c1-6-8-9-10-11-12-13-14-15-16-17-18-19-20-21-22-28-38-31-36(27-23-29-39-36)32-40-37(26-7-2)30-34(5)24-25-35(37)33(3)4/h7,33-35H,2,6,8-32H2,1,3-5H3/t34-,35+,36-,37+/m1/s1. The SMILES string of the molecule is C=CC[C@]1(OC[C@]2(COCCCCCCCCCCCCCCCCCC)CCCO2)C[C@H](C)CC[C@H]1C(C)C. The molecule has 1 aliphatic heterocycles. The van der Waals surface area contributed by atoms with Crippen molar-refractivity contribution in [3.05, 3.63) is 12.7 Å². The molecule has 2 aliphatic rings. The van der Waals surface area contributed by atoms with Crippen LogP contribution >= 0.6 is 0 Å². The average Bonchev–Trinajstić information content (AvgIpc) is 3.40. The van der Waals surface area contributed by atoms with Crippen LogP contribution in [0.15, 0.2) is 12.7 Å². The van der Waals surface area contributed by atoms with E-state index in [-0.39, 0.29) is 11.2 Å². The zero-order chi connectivity index (χ0) is 28.9. The maximum atomic E-state index is 6.95. The van der Waals surface area contributed by atoms with Crippen LogP contribution in [0.4, 0.5) is 0 Å². The molecular weight excluding hydrogens is 492 g/mol. The Labute approximate surface area is 251 Å². The minimum Gasteiger partial charge on any atom is -0.378 e. The van der Waals surface area contributed by atoms with Crippen molar-refractivity contribution in [1.29, 1.82) is 0 Å². The Morgan fingerprint density at radius 1 is 0.825 bits per heavy atom. The number of hydrogen-bond acceptors (Lipinski definition) is 3. The summed E-state index contributed by atoms with van der Waals surface area (Å²) in [7, 11) is 0. The molecule has 0 N–H and O–H groups in total. The van der Waals surface area contributed by atoms with E-state index >= 15 is 0 Å². The Morgan fingerprint density at radius 2 is 1.40 bits per heavy atom. The first-order valence-corrected chi connectivity index (χ1v) is 17.9. The number of unbranched alkanes of at least 4 members (excludes halogenated alkanes) is 15. The minimum absolute atomic E-state index is 0.0968. The van der Waals surface area contributed by atoms with Gasteiger partial charge in [0.05, 0.1) is 18.8 Å². The Kier molecular flexibility index (Phi) is 19.1. The number of rotatable bonds is 25. The van der Waals surface area contributed by atoms with Gasteiger partial charge in [-0.15, -0.1) is 6.58 Å². The van der Waals surface area contributed by atoms with E-state index in [1.54, 1.807) is 0 Å². The molecule has 3 heteroatoms. The van der Waals surface area contributed by atoms with E-state index in [9.17, 15) is 0 Å². The lowest BCUT2D eigenvalue weighted by Crippen LogP contribution is -2.51. The molecule has 0 aromatic carbocycles. The van der Waals surface area contributed by atoms with E-state index in [0.717, 1.165) is 38.9 Å². The summed E-state index contributed by atoms with van der Waals surface area (Å²) in [4.78, 5) is 0. The molecule has 0 amide bonds. The van der Waals surface area contributed by atoms with Crippen LogP contribution in [0.2, 0.25) is 0 Å². The lowest BCUT2D eigenvalue weighted by molar-refractivity contribution is -0.185. The van der Waals surface area contributed by atoms with Gasteiger partial charge in [0.25, 0.3) is 0 Å². The van der Waals surface area contributed by atoms with E-state index in [1.807, 2.05) is 0 Å². The first-order valence-electron chi connectivity index (χ1n) is 17.9. The van der Waals surface area contributed by atoms with Crippen molar-refractivity contribution >= 4 is 0 Å². The second-order valence-electron chi connectivity index (χ2n) is 14.1. The van der Waals surface area contributed by atoms with Crippen molar-refractivity contribution in [3.8, 4) is 0 Å². The Balaban J connectivity index is 1.55. The highest BCUT2D eigenvalue weighted by Crippen LogP contribution is 2.46. The fourth-order valence-corrected chi connectivity index (χ4v) is 7.53. The molecule has 1 aliphatic carbocycles. The molecule has 3 nitrogen and oxygen atoms in total. The normalized spacial score (nSPS) is 27.0. The van der Waals surface area contributed by atoms with Gasteiger partial charge in [-0.05, 0) is 56.3 Å². The van der Waals surface area contributed by atoms with E-state index in [2.05, 4.69) is 40.3 Å². The van der Waals surface area contributed by atoms with Gasteiger partial charge in [-0.1, -0.05) is 137 Å². The summed E-state index contributed by atoms with van der Waals surface area (Å²) in [6.07, 6.45) is 31.3. The van der Waals surface area contributed by atoms with E-state index in [1.165, 1.54) is 116 Å². The quantitative estimate of drug-likeness (QED) is 0.0818. The molecule has 4 atom stereocenters. The highest BCUT2D eigenvalue weighted by Gasteiger charge is 2.47. The highest BCUT2D eigenvalue weighted by atomic mass is 16.6. The van der Waals surface area contributed by atoms with Gasteiger partial charge in [0.1, 0.15) is 5.60 Å². The molecule has 0 aromatic rings. The summed E-state index contributed by atoms with van der Waals surface area (Å²) in [5.74, 6) is 1.92. The van der Waals surface area contributed by atoms with Crippen LogP contribution in [0.25, 0.3) is 0 Å². The lowest BCUT2D eigenvalue weighted by Gasteiger charge is -2.49. The topological polar surface area (TPSA) is 27.7 Å². The zero-order valence-corrected chi connectivity index (χ0v) is 27.6. The highest BCUT2D eigenvalue weighted by molar-refractivity contribution is 5.00. The molecule has 0 unspecified atom stereocenters. The molecule has 236 valence electrons. The lowest BCUT2D eigenvalue weighted by atomic mass is 9.65. The summed E-state index contributed by atoms with van der Waals surface area (Å²) < 4.78 is 19.5. The van der Waals surface area contributed by atoms with Crippen LogP contribution < -0.4 is 0 Å². The Hall–Kier alpha value is -0.380. The van der Waals surface area contributed by atoms with E-state index in [4.69, 9.17) is 14.2 Å². The summed E-state index contributed by atoms with van der Waals surface area (Å²) in [6.45, 7) is 16.6. The third-order valence-corrected chi connectivity index (χ3v) is 9.95. The van der Waals surface area contributed by atoms with E-state index < -0.39 is 0 Å². The first-order chi connectivity index (χ1) is 19.5. The molecule has 0 spiro atoms. The molecule has 1 heterocycles. The van der Waals surface area contributed by atoms with Crippen LogP contribution in [0.5, 0.6) is 0 Å². The van der Waals surface area contributed by atoms with Crippen LogP contribution in [0, 0.1) is 17.8 Å². The average molecular weight is 563 g/mol. The van der Waals surface area contributed by atoms with E-state index in [0.29, 0.717) is 31.0 Å². The monoisotopic (exact) mass is 563 g/mol. The number of ether oxygens (including phenoxy) is 3. The van der Waals surface area contributed by atoms with Crippen molar-refractivity contribution < 1.29 is 14.2 Å². The Bertz CT molecular complexity index is 611. The predicted octanol–water partition coefficient (Wildman–Crippen LogP) is 11.2. The third-order valence-electron chi connectivity index (χ3n) is 9.95. The molecule has 40 heavy (non-hydrogen) atoms. The van der Waals surface area contributed by atoms with Gasteiger partial charge in [0, 0.05) is 13.2 Å². The summed E-state index contributed by atoms with van der Waals surface area (Å²) in [5.41, 5.74) is -0.355. The summed E-state index contributed by atoms with van der Waals surface area (Å²) in [6, 6.07) is 0. The van der Waals surface area contributed by atoms with Crippen LogP contribution in [0.3, 0.4) is 0 Å².